The predicted molar refractivity (Wildman–Crippen MR) is 60.6 cm³/mol. The summed E-state index contributed by atoms with van der Waals surface area (Å²) in [7, 11) is 0. The lowest BCUT2D eigenvalue weighted by Crippen LogP contribution is -2.09. The molecule has 70 valence electrons. The number of hydrogen-bond donors (Lipinski definition) is 0. The topological polar surface area (TPSA) is 0 Å². The van der Waals surface area contributed by atoms with Gasteiger partial charge in [0, 0.05) is 10.7 Å². The van der Waals surface area contributed by atoms with E-state index < -0.39 is 0 Å². The monoisotopic (exact) mass is 238 g/mol. The Hall–Kier alpha value is -0.300. The molecule has 0 N–H and O–H groups in total. The first-order chi connectivity index (χ1) is 6.18. The minimum Gasteiger partial charge on any atom is -0.0918 e. The van der Waals surface area contributed by atoms with Crippen LogP contribution < -0.4 is 0 Å². The number of hydrogen-bond acceptors (Lipinski definition) is 0. The molecule has 1 saturated carbocycles. The summed E-state index contributed by atoms with van der Waals surface area (Å²) >= 11 is 3.62. The van der Waals surface area contributed by atoms with Gasteiger partial charge in [0.1, 0.15) is 0 Å². The van der Waals surface area contributed by atoms with Crippen molar-refractivity contribution in [1.29, 1.82) is 0 Å². The van der Waals surface area contributed by atoms with E-state index in [1.54, 1.807) is 5.56 Å². The van der Waals surface area contributed by atoms with E-state index in [1.807, 2.05) is 0 Å². The summed E-state index contributed by atoms with van der Waals surface area (Å²) in [6.45, 7) is 4.38. The molecule has 0 atom stereocenters. The Bertz CT molecular complexity index is 324. The minimum absolute atomic E-state index is 0.484. The number of halogens is 1. The average Bonchev–Trinajstić information content (AvgIpc) is 2.85. The van der Waals surface area contributed by atoms with Crippen molar-refractivity contribution in [2.75, 3.05) is 5.33 Å². The maximum Gasteiger partial charge on any atom is 0.0129 e. The summed E-state index contributed by atoms with van der Waals surface area (Å²) in [5, 5.41) is 1.11. The molecule has 0 radical (unpaired) electrons. The van der Waals surface area contributed by atoms with Crippen LogP contribution in [0.5, 0.6) is 0 Å². The number of alkyl halides is 1. The standard InChI is InChI=1S/C12H15Br/c1-9-3-4-11(10(2)7-9)12(8-13)5-6-12/h3-4,7H,5-6,8H2,1-2H3. The molecule has 0 bridgehead atoms. The van der Waals surface area contributed by atoms with Crippen LogP contribution in [0.4, 0.5) is 0 Å². The fraction of sp³-hybridized carbons (Fsp3) is 0.500. The van der Waals surface area contributed by atoms with E-state index in [0.29, 0.717) is 5.41 Å². The third-order valence-electron chi connectivity index (χ3n) is 3.06. The van der Waals surface area contributed by atoms with Crippen LogP contribution in [0.15, 0.2) is 18.2 Å². The molecule has 0 aromatic heterocycles. The summed E-state index contributed by atoms with van der Waals surface area (Å²) in [6, 6.07) is 6.82. The Kier molecular flexibility index (Phi) is 2.23. The van der Waals surface area contributed by atoms with Gasteiger partial charge in [-0.15, -0.1) is 0 Å². The van der Waals surface area contributed by atoms with Gasteiger partial charge in [0.2, 0.25) is 0 Å². The average molecular weight is 239 g/mol. The van der Waals surface area contributed by atoms with E-state index >= 15 is 0 Å². The summed E-state index contributed by atoms with van der Waals surface area (Å²) < 4.78 is 0. The molecule has 1 aromatic carbocycles. The summed E-state index contributed by atoms with van der Waals surface area (Å²) in [4.78, 5) is 0. The third kappa shape index (κ3) is 1.54. The van der Waals surface area contributed by atoms with Gasteiger partial charge >= 0.3 is 0 Å². The molecule has 1 aliphatic rings. The molecule has 0 saturated heterocycles. The van der Waals surface area contributed by atoms with E-state index in [0.717, 1.165) is 5.33 Å². The van der Waals surface area contributed by atoms with Gasteiger partial charge < -0.3 is 0 Å². The van der Waals surface area contributed by atoms with Crippen molar-refractivity contribution in [1.82, 2.24) is 0 Å². The van der Waals surface area contributed by atoms with Gasteiger partial charge in [-0.1, -0.05) is 39.7 Å². The van der Waals surface area contributed by atoms with Gasteiger partial charge in [0.05, 0.1) is 0 Å². The Morgan fingerprint density at radius 2 is 2.00 bits per heavy atom. The highest BCUT2D eigenvalue weighted by atomic mass is 79.9. The largest absolute Gasteiger partial charge is 0.0918 e. The molecular formula is C12H15Br. The second-order valence-corrected chi connectivity index (χ2v) is 4.79. The number of rotatable bonds is 2. The molecule has 0 unspecified atom stereocenters. The molecule has 1 fully saturated rings. The van der Waals surface area contributed by atoms with Crippen LogP contribution >= 0.6 is 15.9 Å². The summed E-state index contributed by atoms with van der Waals surface area (Å²) in [6.07, 6.45) is 2.70. The van der Waals surface area contributed by atoms with Crippen molar-refractivity contribution in [2.45, 2.75) is 32.1 Å². The van der Waals surface area contributed by atoms with Gasteiger partial charge in [-0.2, -0.15) is 0 Å². The minimum atomic E-state index is 0.484. The lowest BCUT2D eigenvalue weighted by molar-refractivity contribution is 0.799. The van der Waals surface area contributed by atoms with E-state index in [2.05, 4.69) is 48.0 Å². The van der Waals surface area contributed by atoms with Crippen molar-refractivity contribution >= 4 is 15.9 Å². The maximum absolute atomic E-state index is 3.62. The van der Waals surface area contributed by atoms with Crippen LogP contribution in [-0.2, 0) is 5.41 Å². The highest BCUT2D eigenvalue weighted by Crippen LogP contribution is 2.50. The zero-order valence-electron chi connectivity index (χ0n) is 8.23. The smallest absolute Gasteiger partial charge is 0.0129 e. The van der Waals surface area contributed by atoms with Gasteiger partial charge in [0.25, 0.3) is 0 Å². The van der Waals surface area contributed by atoms with Gasteiger partial charge in [-0.25, -0.2) is 0 Å². The van der Waals surface area contributed by atoms with Crippen LogP contribution in [0, 0.1) is 13.8 Å². The second kappa shape index (κ2) is 3.13. The molecule has 0 amide bonds. The zero-order chi connectivity index (χ0) is 9.47. The molecule has 13 heavy (non-hydrogen) atoms. The van der Waals surface area contributed by atoms with Crippen LogP contribution in [0.3, 0.4) is 0 Å². The quantitative estimate of drug-likeness (QED) is 0.690. The van der Waals surface area contributed by atoms with Crippen molar-refractivity contribution in [3.63, 3.8) is 0 Å². The third-order valence-corrected chi connectivity index (χ3v) is 4.14. The molecule has 0 aliphatic heterocycles. The predicted octanol–water partition coefficient (Wildman–Crippen LogP) is 3.73. The van der Waals surface area contributed by atoms with Gasteiger partial charge in [-0.05, 0) is 37.8 Å². The van der Waals surface area contributed by atoms with Crippen molar-refractivity contribution in [3.8, 4) is 0 Å². The molecular weight excluding hydrogens is 224 g/mol. The number of aryl methyl sites for hydroxylation is 2. The van der Waals surface area contributed by atoms with Crippen LogP contribution in [0.1, 0.15) is 29.5 Å². The first kappa shape index (κ1) is 9.26. The maximum atomic E-state index is 3.62. The molecule has 0 heterocycles. The summed E-state index contributed by atoms with van der Waals surface area (Å²) in [5.74, 6) is 0. The SMILES string of the molecule is Cc1ccc(C2(CBr)CC2)c(C)c1. The van der Waals surface area contributed by atoms with Crippen molar-refractivity contribution in [2.24, 2.45) is 0 Å². The highest BCUT2D eigenvalue weighted by Gasteiger charge is 2.43. The van der Waals surface area contributed by atoms with Crippen LogP contribution in [0.2, 0.25) is 0 Å². The van der Waals surface area contributed by atoms with Crippen molar-refractivity contribution < 1.29 is 0 Å². The molecule has 1 heteroatoms. The lowest BCUT2D eigenvalue weighted by atomic mass is 9.93. The van der Waals surface area contributed by atoms with E-state index in [9.17, 15) is 0 Å². The Morgan fingerprint density at radius 3 is 2.46 bits per heavy atom. The molecule has 1 aromatic rings. The Morgan fingerprint density at radius 1 is 1.31 bits per heavy atom. The fourth-order valence-electron chi connectivity index (χ4n) is 2.03. The van der Waals surface area contributed by atoms with E-state index in [4.69, 9.17) is 0 Å². The molecule has 2 rings (SSSR count). The normalized spacial score (nSPS) is 18.7. The van der Waals surface area contributed by atoms with E-state index in [1.165, 1.54) is 24.0 Å². The fourth-order valence-corrected chi connectivity index (χ4v) is 2.90. The molecule has 1 aliphatic carbocycles. The first-order valence-electron chi connectivity index (χ1n) is 4.82. The van der Waals surface area contributed by atoms with Crippen molar-refractivity contribution in [3.05, 3.63) is 34.9 Å². The van der Waals surface area contributed by atoms with Crippen LogP contribution in [-0.4, -0.2) is 5.33 Å². The molecule has 0 spiro atoms. The summed E-state index contributed by atoms with van der Waals surface area (Å²) in [5.41, 5.74) is 4.86. The number of benzene rings is 1. The second-order valence-electron chi connectivity index (χ2n) is 4.23. The lowest BCUT2D eigenvalue weighted by Gasteiger charge is -2.15. The molecule has 0 nitrogen and oxygen atoms in total. The first-order valence-corrected chi connectivity index (χ1v) is 5.94. The zero-order valence-corrected chi connectivity index (χ0v) is 9.82. The Balaban J connectivity index is 2.41. The van der Waals surface area contributed by atoms with E-state index in [-0.39, 0.29) is 0 Å². The van der Waals surface area contributed by atoms with Gasteiger partial charge in [0.15, 0.2) is 0 Å². The van der Waals surface area contributed by atoms with Gasteiger partial charge in [-0.3, -0.25) is 0 Å². The van der Waals surface area contributed by atoms with Crippen LogP contribution in [0.25, 0.3) is 0 Å². The Labute approximate surface area is 88.5 Å². The highest BCUT2D eigenvalue weighted by molar-refractivity contribution is 9.09.